The van der Waals surface area contributed by atoms with Crippen LogP contribution in [0.25, 0.3) is 4.85 Å². The van der Waals surface area contributed by atoms with Crippen LogP contribution in [0.5, 0.6) is 0 Å². The molecule has 2 aromatic carbocycles. The number of halogens is 4. The Morgan fingerprint density at radius 2 is 1.94 bits per heavy atom. The van der Waals surface area contributed by atoms with Crippen LogP contribution < -0.4 is 15.1 Å². The number of rotatable bonds is 3. The van der Waals surface area contributed by atoms with Crippen molar-refractivity contribution in [3.8, 4) is 0 Å². The molecule has 176 valence electrons. The molecule has 34 heavy (non-hydrogen) atoms. The summed E-state index contributed by atoms with van der Waals surface area (Å²) in [5.74, 6) is -2.14. The summed E-state index contributed by atoms with van der Waals surface area (Å²) in [5.41, 5.74) is -3.46. The largest absolute Gasteiger partial charge is 0.407 e. The van der Waals surface area contributed by atoms with E-state index in [2.05, 4.69) is 10.2 Å². The van der Waals surface area contributed by atoms with Gasteiger partial charge < -0.3 is 15.0 Å². The highest BCUT2D eigenvalue weighted by Gasteiger charge is 2.58. The van der Waals surface area contributed by atoms with E-state index in [0.717, 1.165) is 17.0 Å². The van der Waals surface area contributed by atoms with Crippen LogP contribution in [0, 0.1) is 12.4 Å². The number of alkyl halides is 3. The van der Waals surface area contributed by atoms with Gasteiger partial charge in [0, 0.05) is 31.5 Å². The van der Waals surface area contributed by atoms with E-state index in [-0.39, 0.29) is 41.7 Å². The Morgan fingerprint density at radius 3 is 2.50 bits per heavy atom. The van der Waals surface area contributed by atoms with Crippen molar-refractivity contribution in [1.29, 1.82) is 0 Å². The zero-order valence-corrected chi connectivity index (χ0v) is 18.4. The minimum Gasteiger partial charge on any atom is -0.378 e. The molecule has 2 fully saturated rings. The van der Waals surface area contributed by atoms with Crippen molar-refractivity contribution in [2.75, 3.05) is 30.1 Å². The van der Waals surface area contributed by atoms with Crippen LogP contribution in [0.2, 0.25) is 0 Å². The van der Waals surface area contributed by atoms with Gasteiger partial charge in [-0.05, 0) is 42.5 Å². The molecular weight excluding hydrogens is 476 g/mol. The second-order valence-electron chi connectivity index (χ2n) is 7.65. The fraction of sp³-hybridized carbons (Fsp3) is 0.273. The van der Waals surface area contributed by atoms with Gasteiger partial charge in [0.1, 0.15) is 5.82 Å². The zero-order chi connectivity index (χ0) is 24.8. The van der Waals surface area contributed by atoms with Gasteiger partial charge in [-0.1, -0.05) is 6.07 Å². The van der Waals surface area contributed by atoms with Gasteiger partial charge in [0.2, 0.25) is 0 Å². The lowest BCUT2D eigenvalue weighted by atomic mass is 9.95. The van der Waals surface area contributed by atoms with Gasteiger partial charge in [-0.25, -0.2) is 9.24 Å². The van der Waals surface area contributed by atoms with E-state index in [1.165, 1.54) is 30.1 Å². The standard InChI is InChI=1S/C22H16F4N4O3S/c1-27-17-6-4-12(9-15(17)22(24,25)26)29-19(32)21(7-8-33-11-21)30(20(29)34)13-3-5-14(16(23)10-13)18(31)28-2/h3-6,9-10H,7-8,11H2,2H3,(H,28,31). The molecule has 0 saturated carbocycles. The van der Waals surface area contributed by atoms with Gasteiger partial charge in [0.25, 0.3) is 11.8 Å². The summed E-state index contributed by atoms with van der Waals surface area (Å²) in [4.78, 5) is 30.6. The Kier molecular flexibility index (Phi) is 5.79. The lowest BCUT2D eigenvalue weighted by molar-refractivity contribution is -0.136. The molecule has 2 aliphatic heterocycles. The Labute approximate surface area is 196 Å². The maximum atomic E-state index is 14.7. The van der Waals surface area contributed by atoms with E-state index in [0.29, 0.717) is 6.07 Å². The number of anilines is 2. The van der Waals surface area contributed by atoms with Crippen LogP contribution in [0.4, 0.5) is 34.6 Å². The molecule has 1 atom stereocenters. The monoisotopic (exact) mass is 492 g/mol. The highest BCUT2D eigenvalue weighted by Crippen LogP contribution is 2.44. The molecule has 1 unspecified atom stereocenters. The SMILES string of the molecule is [C-]#[N+]c1ccc(N2C(=O)C3(CCOC3)N(c3ccc(C(=O)NC)c(F)c3)C2=S)cc1C(F)(F)F. The second kappa shape index (κ2) is 8.34. The Balaban J connectivity index is 1.83. The molecule has 4 rings (SSSR count). The van der Waals surface area contributed by atoms with Gasteiger partial charge in [-0.2, -0.15) is 13.2 Å². The number of nitrogens with zero attached hydrogens (tertiary/aromatic N) is 3. The molecule has 0 bridgehead atoms. The minimum atomic E-state index is -4.83. The number of ether oxygens (including phenoxy) is 1. The van der Waals surface area contributed by atoms with Gasteiger partial charge in [-0.3, -0.25) is 14.5 Å². The van der Waals surface area contributed by atoms with Crippen molar-refractivity contribution >= 4 is 46.2 Å². The predicted octanol–water partition coefficient (Wildman–Crippen LogP) is 4.05. The summed E-state index contributed by atoms with van der Waals surface area (Å²) in [7, 11) is 1.35. The van der Waals surface area contributed by atoms with E-state index in [1.807, 2.05) is 0 Å². The first-order valence-electron chi connectivity index (χ1n) is 9.92. The Hall–Kier alpha value is -3.56. The lowest BCUT2D eigenvalue weighted by Crippen LogP contribution is -2.50. The van der Waals surface area contributed by atoms with E-state index in [1.54, 1.807) is 0 Å². The molecule has 12 heteroatoms. The number of hydrogen-bond donors (Lipinski definition) is 1. The van der Waals surface area contributed by atoms with Crippen molar-refractivity contribution in [2.45, 2.75) is 18.1 Å². The molecule has 1 spiro atoms. The van der Waals surface area contributed by atoms with Crippen LogP contribution in [0.3, 0.4) is 0 Å². The molecule has 2 aliphatic rings. The molecule has 7 nitrogen and oxygen atoms in total. The molecular formula is C22H16F4N4O3S. The molecule has 2 aromatic rings. The van der Waals surface area contributed by atoms with Crippen molar-refractivity contribution in [1.82, 2.24) is 5.32 Å². The number of nitrogens with one attached hydrogen (secondary N) is 1. The van der Waals surface area contributed by atoms with Crippen molar-refractivity contribution in [3.63, 3.8) is 0 Å². The van der Waals surface area contributed by atoms with Crippen LogP contribution >= 0.6 is 12.2 Å². The molecule has 0 aliphatic carbocycles. The van der Waals surface area contributed by atoms with Crippen molar-refractivity contribution in [3.05, 3.63) is 64.8 Å². The highest BCUT2D eigenvalue weighted by atomic mass is 32.1. The summed E-state index contributed by atoms with van der Waals surface area (Å²) >= 11 is 5.49. The first-order valence-corrected chi connectivity index (χ1v) is 10.3. The average molecular weight is 492 g/mol. The fourth-order valence-electron chi connectivity index (χ4n) is 4.11. The van der Waals surface area contributed by atoms with Gasteiger partial charge in [0.15, 0.2) is 16.3 Å². The number of carbonyl (C=O) groups excluding carboxylic acids is 2. The smallest absolute Gasteiger partial charge is 0.378 e. The number of amides is 2. The van der Waals surface area contributed by atoms with Crippen LogP contribution in [0.1, 0.15) is 22.3 Å². The van der Waals surface area contributed by atoms with Crippen LogP contribution in [0.15, 0.2) is 36.4 Å². The summed E-state index contributed by atoms with van der Waals surface area (Å²) in [6.45, 7) is 7.08. The number of thiocarbonyl (C=S) groups is 1. The van der Waals surface area contributed by atoms with Gasteiger partial charge in [-0.15, -0.1) is 0 Å². The number of hydrogen-bond acceptors (Lipinski definition) is 4. The number of carbonyl (C=O) groups is 2. The first kappa shape index (κ1) is 23.6. The third kappa shape index (κ3) is 3.57. The molecule has 2 saturated heterocycles. The van der Waals surface area contributed by atoms with Gasteiger partial charge in [0.05, 0.1) is 24.3 Å². The van der Waals surface area contributed by atoms with Crippen molar-refractivity contribution < 1.29 is 31.9 Å². The topological polar surface area (TPSA) is 66.2 Å². The van der Waals surface area contributed by atoms with E-state index in [4.69, 9.17) is 23.5 Å². The second-order valence-corrected chi connectivity index (χ2v) is 8.01. The minimum absolute atomic E-state index is 0.118. The fourth-order valence-corrected chi connectivity index (χ4v) is 4.58. The molecule has 1 N–H and O–H groups in total. The normalized spacial score (nSPS) is 20.2. The third-order valence-corrected chi connectivity index (χ3v) is 6.12. The van der Waals surface area contributed by atoms with Crippen molar-refractivity contribution in [2.24, 2.45) is 0 Å². The third-order valence-electron chi connectivity index (χ3n) is 5.76. The maximum Gasteiger partial charge on any atom is 0.407 e. The number of benzene rings is 2. The predicted molar refractivity (Wildman–Crippen MR) is 118 cm³/mol. The van der Waals surface area contributed by atoms with Crippen LogP contribution in [-0.4, -0.2) is 42.7 Å². The average Bonchev–Trinajstić information content (AvgIpc) is 3.36. The molecule has 0 aromatic heterocycles. The summed E-state index contributed by atoms with van der Waals surface area (Å²) < 4.78 is 60.7. The lowest BCUT2D eigenvalue weighted by Gasteiger charge is -2.31. The summed E-state index contributed by atoms with van der Waals surface area (Å²) in [6, 6.07) is 6.54. The molecule has 0 radical (unpaired) electrons. The summed E-state index contributed by atoms with van der Waals surface area (Å²) in [5, 5.41) is 2.14. The molecule has 2 heterocycles. The van der Waals surface area contributed by atoms with Crippen LogP contribution in [-0.2, 0) is 15.7 Å². The Bertz CT molecular complexity index is 1250. The summed E-state index contributed by atoms with van der Waals surface area (Å²) in [6.07, 6.45) is -4.67. The Morgan fingerprint density at radius 1 is 1.24 bits per heavy atom. The maximum absolute atomic E-state index is 14.7. The zero-order valence-electron chi connectivity index (χ0n) is 17.6. The molecule has 2 amide bonds. The van der Waals surface area contributed by atoms with Gasteiger partial charge >= 0.3 is 6.18 Å². The first-order chi connectivity index (χ1) is 16.0. The van der Waals surface area contributed by atoms with E-state index >= 15 is 0 Å². The highest BCUT2D eigenvalue weighted by molar-refractivity contribution is 7.81. The quantitative estimate of drug-likeness (QED) is 0.398. The van der Waals surface area contributed by atoms with E-state index < -0.39 is 40.6 Å². The van der Waals surface area contributed by atoms with E-state index in [9.17, 15) is 27.2 Å².